The minimum Gasteiger partial charge on any atom is -0.506 e. The number of phenolic OH excluding ortho intramolecular Hbond substituents is 1. The Hall–Kier alpha value is -1.32. The second-order valence-corrected chi connectivity index (χ2v) is 5.65. The first-order valence-corrected chi connectivity index (χ1v) is 7.74. The van der Waals surface area contributed by atoms with Gasteiger partial charge >= 0.3 is 0 Å². The lowest BCUT2D eigenvalue weighted by Gasteiger charge is -2.20. The van der Waals surface area contributed by atoms with E-state index < -0.39 is 0 Å². The summed E-state index contributed by atoms with van der Waals surface area (Å²) >= 11 is 3.46. The maximum atomic E-state index is 10.2. The normalized spacial score (nSPS) is 11.0. The van der Waals surface area contributed by atoms with E-state index in [1.165, 1.54) is 0 Å². The smallest absolute Gasteiger partial charge is 0.134 e. The molecule has 0 aliphatic carbocycles. The van der Waals surface area contributed by atoms with E-state index in [9.17, 15) is 5.11 Å². The molecule has 0 unspecified atom stereocenters. The number of phenols is 1. The summed E-state index contributed by atoms with van der Waals surface area (Å²) in [7, 11) is 0. The van der Waals surface area contributed by atoms with Crippen LogP contribution in [0.2, 0.25) is 0 Å². The van der Waals surface area contributed by atoms with E-state index in [2.05, 4.69) is 52.9 Å². The van der Waals surface area contributed by atoms with Crippen LogP contribution in [0.1, 0.15) is 19.4 Å². The summed E-state index contributed by atoms with van der Waals surface area (Å²) < 4.78 is 0.751. The predicted octanol–water partition coefficient (Wildman–Crippen LogP) is 4.66. The van der Waals surface area contributed by atoms with Gasteiger partial charge in [-0.25, -0.2) is 0 Å². The molecule has 2 aromatic rings. The highest BCUT2D eigenvalue weighted by molar-refractivity contribution is 9.10. The third-order valence-corrected chi connectivity index (χ3v) is 4.14. The van der Waals surface area contributed by atoms with Crippen LogP contribution < -0.4 is 0 Å². The summed E-state index contributed by atoms with van der Waals surface area (Å²) in [4.78, 5) is 2.29. The van der Waals surface area contributed by atoms with E-state index >= 15 is 0 Å². The van der Waals surface area contributed by atoms with Crippen molar-refractivity contribution in [3.05, 3.63) is 52.5 Å². The van der Waals surface area contributed by atoms with Gasteiger partial charge in [-0.3, -0.25) is 4.90 Å². The van der Waals surface area contributed by atoms with E-state index in [0.717, 1.165) is 40.8 Å². The lowest BCUT2D eigenvalue weighted by molar-refractivity contribution is 0.290. The topological polar surface area (TPSA) is 23.5 Å². The quantitative estimate of drug-likeness (QED) is 0.859. The van der Waals surface area contributed by atoms with Crippen LogP contribution in [0.25, 0.3) is 11.1 Å². The summed E-state index contributed by atoms with van der Waals surface area (Å²) in [6.45, 7) is 6.98. The number of benzene rings is 2. The van der Waals surface area contributed by atoms with Crippen LogP contribution in [0, 0.1) is 0 Å². The predicted molar refractivity (Wildman–Crippen MR) is 87.9 cm³/mol. The molecule has 0 amide bonds. The van der Waals surface area contributed by atoms with Crippen LogP contribution >= 0.6 is 15.9 Å². The fourth-order valence-corrected chi connectivity index (χ4v) is 2.76. The first-order chi connectivity index (χ1) is 9.65. The average Bonchev–Trinajstić information content (AvgIpc) is 2.49. The molecular weight excluding hydrogens is 314 g/mol. The molecule has 0 aliphatic rings. The maximum absolute atomic E-state index is 10.2. The summed E-state index contributed by atoms with van der Waals surface area (Å²) in [5.74, 6) is 0.344. The van der Waals surface area contributed by atoms with E-state index in [0.29, 0.717) is 5.75 Å². The molecule has 0 aliphatic heterocycles. The number of hydrogen-bond acceptors (Lipinski definition) is 2. The molecule has 0 atom stereocenters. The van der Waals surface area contributed by atoms with Crippen molar-refractivity contribution in [2.24, 2.45) is 0 Å². The van der Waals surface area contributed by atoms with Crippen molar-refractivity contribution >= 4 is 15.9 Å². The molecule has 0 bridgehead atoms. The van der Waals surface area contributed by atoms with Crippen molar-refractivity contribution in [2.75, 3.05) is 13.1 Å². The van der Waals surface area contributed by atoms with Gasteiger partial charge in [-0.05, 0) is 52.3 Å². The van der Waals surface area contributed by atoms with Gasteiger partial charge in [0.05, 0.1) is 4.47 Å². The zero-order valence-electron chi connectivity index (χ0n) is 11.9. The van der Waals surface area contributed by atoms with Crippen LogP contribution in [-0.4, -0.2) is 23.1 Å². The van der Waals surface area contributed by atoms with E-state index in [1.54, 1.807) is 0 Å². The zero-order chi connectivity index (χ0) is 14.5. The van der Waals surface area contributed by atoms with Crippen molar-refractivity contribution in [3.8, 4) is 16.9 Å². The van der Waals surface area contributed by atoms with Crippen LogP contribution in [-0.2, 0) is 6.54 Å². The molecule has 106 valence electrons. The average molecular weight is 334 g/mol. The van der Waals surface area contributed by atoms with Crippen LogP contribution in [0.4, 0.5) is 0 Å². The van der Waals surface area contributed by atoms with Crippen LogP contribution in [0.15, 0.2) is 46.9 Å². The number of nitrogens with zero attached hydrogens (tertiary/aromatic N) is 1. The van der Waals surface area contributed by atoms with Gasteiger partial charge in [0.1, 0.15) is 5.75 Å². The standard InChI is InChI=1S/C17H20BrNO/c1-3-19(4-2)12-15-10-14(11-16(18)17(15)20)13-8-6-5-7-9-13/h5-11,20H,3-4,12H2,1-2H3. The highest BCUT2D eigenvalue weighted by atomic mass is 79.9. The summed E-state index contributed by atoms with van der Waals surface area (Å²) in [6.07, 6.45) is 0. The molecular formula is C17H20BrNO. The van der Waals surface area contributed by atoms with Crippen molar-refractivity contribution in [1.82, 2.24) is 4.90 Å². The van der Waals surface area contributed by atoms with Crippen LogP contribution in [0.3, 0.4) is 0 Å². The first kappa shape index (κ1) is 15.1. The molecule has 0 fully saturated rings. The molecule has 0 radical (unpaired) electrons. The molecule has 2 rings (SSSR count). The van der Waals surface area contributed by atoms with Crippen molar-refractivity contribution in [2.45, 2.75) is 20.4 Å². The van der Waals surface area contributed by atoms with Crippen molar-refractivity contribution in [1.29, 1.82) is 0 Å². The highest BCUT2D eigenvalue weighted by Crippen LogP contribution is 2.34. The second-order valence-electron chi connectivity index (χ2n) is 4.79. The SMILES string of the molecule is CCN(CC)Cc1cc(-c2ccccc2)cc(Br)c1O. The lowest BCUT2D eigenvalue weighted by atomic mass is 10.0. The third-order valence-electron chi connectivity index (χ3n) is 3.54. The monoisotopic (exact) mass is 333 g/mol. The van der Waals surface area contributed by atoms with Gasteiger partial charge in [-0.1, -0.05) is 44.2 Å². The van der Waals surface area contributed by atoms with Crippen molar-refractivity contribution < 1.29 is 5.11 Å². The molecule has 1 N–H and O–H groups in total. The number of rotatable bonds is 5. The Balaban J connectivity index is 2.40. The van der Waals surface area contributed by atoms with Gasteiger partial charge in [-0.2, -0.15) is 0 Å². The van der Waals surface area contributed by atoms with Gasteiger partial charge < -0.3 is 5.11 Å². The Kier molecular flexibility index (Phi) is 5.21. The van der Waals surface area contributed by atoms with E-state index in [4.69, 9.17) is 0 Å². The molecule has 20 heavy (non-hydrogen) atoms. The largest absolute Gasteiger partial charge is 0.506 e. The van der Waals surface area contributed by atoms with E-state index in [1.807, 2.05) is 24.3 Å². The molecule has 2 nitrogen and oxygen atoms in total. The summed E-state index contributed by atoms with van der Waals surface area (Å²) in [5.41, 5.74) is 3.24. The molecule has 0 saturated heterocycles. The number of hydrogen-bond donors (Lipinski definition) is 1. The highest BCUT2D eigenvalue weighted by Gasteiger charge is 2.11. The van der Waals surface area contributed by atoms with Gasteiger partial charge in [0.2, 0.25) is 0 Å². The van der Waals surface area contributed by atoms with Gasteiger partial charge in [0, 0.05) is 12.1 Å². The lowest BCUT2D eigenvalue weighted by Crippen LogP contribution is -2.22. The Bertz CT molecular complexity index is 565. The van der Waals surface area contributed by atoms with Gasteiger partial charge in [0.25, 0.3) is 0 Å². The van der Waals surface area contributed by atoms with E-state index in [-0.39, 0.29) is 0 Å². The fraction of sp³-hybridized carbons (Fsp3) is 0.294. The Morgan fingerprint density at radius 3 is 2.25 bits per heavy atom. The zero-order valence-corrected chi connectivity index (χ0v) is 13.5. The Labute approximate surface area is 129 Å². The van der Waals surface area contributed by atoms with Gasteiger partial charge in [-0.15, -0.1) is 0 Å². The molecule has 0 saturated carbocycles. The molecule has 0 spiro atoms. The maximum Gasteiger partial charge on any atom is 0.134 e. The van der Waals surface area contributed by atoms with Crippen LogP contribution in [0.5, 0.6) is 5.75 Å². The molecule has 2 aromatic carbocycles. The van der Waals surface area contributed by atoms with Gasteiger partial charge in [0.15, 0.2) is 0 Å². The summed E-state index contributed by atoms with van der Waals surface area (Å²) in [6, 6.07) is 14.3. The second kappa shape index (κ2) is 6.91. The fourth-order valence-electron chi connectivity index (χ4n) is 2.26. The minimum absolute atomic E-state index is 0.344. The minimum atomic E-state index is 0.344. The summed E-state index contributed by atoms with van der Waals surface area (Å²) in [5, 5.41) is 10.2. The molecule has 0 aromatic heterocycles. The third kappa shape index (κ3) is 3.41. The number of aromatic hydroxyl groups is 1. The number of halogens is 1. The molecule has 3 heteroatoms. The molecule has 0 heterocycles. The Morgan fingerprint density at radius 1 is 1.00 bits per heavy atom. The van der Waals surface area contributed by atoms with Crippen molar-refractivity contribution in [3.63, 3.8) is 0 Å². The Morgan fingerprint density at radius 2 is 1.65 bits per heavy atom. The first-order valence-electron chi connectivity index (χ1n) is 6.94.